The van der Waals surface area contributed by atoms with Crippen LogP contribution >= 0.6 is 0 Å². The Morgan fingerprint density at radius 2 is 1.66 bits per heavy atom. The molecular weight excluding hydrogens is 398 g/mol. The van der Waals surface area contributed by atoms with E-state index in [1.54, 1.807) is 7.11 Å². The summed E-state index contributed by atoms with van der Waals surface area (Å²) in [6, 6.07) is 25.6. The predicted molar refractivity (Wildman–Crippen MR) is 131 cm³/mol. The SMILES string of the molecule is COc1ccc(C=Cc2nc3ccccc3n2CC(=O)N(c2ccccc2)C(C)C)cc1. The number of fused-ring (bicyclic) bond motifs is 1. The summed E-state index contributed by atoms with van der Waals surface area (Å²) in [4.78, 5) is 20.0. The summed E-state index contributed by atoms with van der Waals surface area (Å²) in [5, 5.41) is 0. The van der Waals surface area contributed by atoms with Crippen LogP contribution in [0.5, 0.6) is 5.75 Å². The van der Waals surface area contributed by atoms with Crippen molar-refractivity contribution in [3.63, 3.8) is 0 Å². The number of carbonyl (C=O) groups is 1. The first-order chi connectivity index (χ1) is 15.6. The minimum Gasteiger partial charge on any atom is -0.497 e. The van der Waals surface area contributed by atoms with Crippen molar-refractivity contribution in [3.8, 4) is 5.75 Å². The number of benzene rings is 3. The number of nitrogens with zero attached hydrogens (tertiary/aromatic N) is 3. The van der Waals surface area contributed by atoms with E-state index in [2.05, 4.69) is 0 Å². The Hall–Kier alpha value is -3.86. The van der Waals surface area contributed by atoms with Crippen molar-refractivity contribution in [1.29, 1.82) is 0 Å². The van der Waals surface area contributed by atoms with E-state index < -0.39 is 0 Å². The van der Waals surface area contributed by atoms with E-state index in [-0.39, 0.29) is 18.5 Å². The van der Waals surface area contributed by atoms with E-state index in [0.29, 0.717) is 0 Å². The number of aromatic nitrogens is 2. The summed E-state index contributed by atoms with van der Waals surface area (Å²) >= 11 is 0. The fourth-order valence-corrected chi connectivity index (χ4v) is 3.80. The van der Waals surface area contributed by atoms with Crippen LogP contribution < -0.4 is 9.64 Å². The lowest BCUT2D eigenvalue weighted by molar-refractivity contribution is -0.119. The summed E-state index contributed by atoms with van der Waals surface area (Å²) in [7, 11) is 1.65. The Kier molecular flexibility index (Phi) is 6.36. The first kappa shape index (κ1) is 21.4. The summed E-state index contributed by atoms with van der Waals surface area (Å²) < 4.78 is 7.21. The maximum atomic E-state index is 13.4. The van der Waals surface area contributed by atoms with Gasteiger partial charge in [0, 0.05) is 11.7 Å². The number of para-hydroxylation sites is 3. The molecule has 0 aliphatic carbocycles. The number of amides is 1. The molecule has 0 unspecified atom stereocenters. The fourth-order valence-electron chi connectivity index (χ4n) is 3.80. The first-order valence-corrected chi connectivity index (χ1v) is 10.7. The van der Waals surface area contributed by atoms with Gasteiger partial charge in [0.1, 0.15) is 18.1 Å². The van der Waals surface area contributed by atoms with Gasteiger partial charge in [0.25, 0.3) is 0 Å². The number of hydrogen-bond acceptors (Lipinski definition) is 3. The second-order valence-electron chi connectivity index (χ2n) is 7.84. The van der Waals surface area contributed by atoms with Gasteiger partial charge in [-0.1, -0.05) is 48.5 Å². The van der Waals surface area contributed by atoms with Crippen LogP contribution in [0.4, 0.5) is 5.69 Å². The smallest absolute Gasteiger partial charge is 0.247 e. The molecular formula is C27H27N3O2. The van der Waals surface area contributed by atoms with Gasteiger partial charge in [-0.15, -0.1) is 0 Å². The lowest BCUT2D eigenvalue weighted by Gasteiger charge is -2.27. The highest BCUT2D eigenvalue weighted by molar-refractivity contribution is 5.95. The molecule has 162 valence electrons. The normalized spacial score (nSPS) is 11.4. The Morgan fingerprint density at radius 3 is 2.34 bits per heavy atom. The van der Waals surface area contributed by atoms with Gasteiger partial charge in [-0.25, -0.2) is 4.98 Å². The Bertz CT molecular complexity index is 1220. The molecule has 0 N–H and O–H groups in total. The second kappa shape index (κ2) is 9.52. The van der Waals surface area contributed by atoms with Crippen LogP contribution in [0.15, 0.2) is 78.9 Å². The number of anilines is 1. The summed E-state index contributed by atoms with van der Waals surface area (Å²) in [6.45, 7) is 4.26. The van der Waals surface area contributed by atoms with Gasteiger partial charge in [-0.2, -0.15) is 0 Å². The molecule has 0 aliphatic rings. The van der Waals surface area contributed by atoms with Gasteiger partial charge >= 0.3 is 0 Å². The van der Waals surface area contributed by atoms with Crippen LogP contribution in [0, 0.1) is 0 Å². The number of carbonyl (C=O) groups excluding carboxylic acids is 1. The van der Waals surface area contributed by atoms with Crippen molar-refractivity contribution < 1.29 is 9.53 Å². The third-order valence-electron chi connectivity index (χ3n) is 5.34. The third kappa shape index (κ3) is 4.57. The molecule has 1 amide bonds. The highest BCUT2D eigenvalue weighted by Crippen LogP contribution is 2.22. The number of ether oxygens (including phenoxy) is 1. The Balaban J connectivity index is 1.68. The minimum atomic E-state index is 0.0217. The summed E-state index contributed by atoms with van der Waals surface area (Å²) in [5.41, 5.74) is 3.73. The van der Waals surface area contributed by atoms with Gasteiger partial charge in [-0.05, 0) is 61.9 Å². The third-order valence-corrected chi connectivity index (χ3v) is 5.34. The molecule has 4 rings (SSSR count). The summed E-state index contributed by atoms with van der Waals surface area (Å²) in [5.74, 6) is 1.58. The maximum absolute atomic E-state index is 13.4. The average Bonchev–Trinajstić information content (AvgIpc) is 3.16. The molecule has 0 radical (unpaired) electrons. The zero-order valence-electron chi connectivity index (χ0n) is 18.6. The molecule has 1 aromatic heterocycles. The molecule has 32 heavy (non-hydrogen) atoms. The topological polar surface area (TPSA) is 47.4 Å². The lowest BCUT2D eigenvalue weighted by Crippen LogP contribution is -2.39. The van der Waals surface area contributed by atoms with Gasteiger partial charge in [0.2, 0.25) is 5.91 Å². The zero-order chi connectivity index (χ0) is 22.5. The van der Waals surface area contributed by atoms with E-state index in [1.165, 1.54) is 0 Å². The largest absolute Gasteiger partial charge is 0.497 e. The second-order valence-corrected chi connectivity index (χ2v) is 7.84. The molecule has 5 heteroatoms. The number of rotatable bonds is 7. The van der Waals surface area contributed by atoms with Crippen LogP contribution in [0.2, 0.25) is 0 Å². The van der Waals surface area contributed by atoms with Crippen molar-refractivity contribution in [2.24, 2.45) is 0 Å². The maximum Gasteiger partial charge on any atom is 0.247 e. The van der Waals surface area contributed by atoms with Crippen molar-refractivity contribution in [1.82, 2.24) is 9.55 Å². The standard InChI is InChI=1S/C27H27N3O2/c1-20(2)30(22-9-5-4-6-10-22)27(31)19-29-25-12-8-7-11-24(25)28-26(29)18-15-21-13-16-23(32-3)17-14-21/h4-18,20H,19H2,1-3H3. The number of hydrogen-bond donors (Lipinski definition) is 0. The predicted octanol–water partition coefficient (Wildman–Crippen LogP) is 5.66. The van der Waals surface area contributed by atoms with Crippen LogP contribution in [0.25, 0.3) is 23.2 Å². The first-order valence-electron chi connectivity index (χ1n) is 10.7. The lowest BCUT2D eigenvalue weighted by atomic mass is 10.2. The van der Waals surface area contributed by atoms with Gasteiger partial charge in [-0.3, -0.25) is 4.79 Å². The fraction of sp³-hybridized carbons (Fsp3) is 0.185. The quantitative estimate of drug-likeness (QED) is 0.384. The summed E-state index contributed by atoms with van der Waals surface area (Å²) in [6.07, 6.45) is 3.95. The molecule has 0 aliphatic heterocycles. The molecule has 4 aromatic rings. The van der Waals surface area contributed by atoms with Crippen LogP contribution in [-0.2, 0) is 11.3 Å². The van der Waals surface area contributed by atoms with Crippen molar-refractivity contribution in [2.45, 2.75) is 26.4 Å². The highest BCUT2D eigenvalue weighted by Gasteiger charge is 2.21. The number of imidazole rings is 1. The van der Waals surface area contributed by atoms with Crippen LogP contribution in [0.1, 0.15) is 25.2 Å². The highest BCUT2D eigenvalue weighted by atomic mass is 16.5. The van der Waals surface area contributed by atoms with Crippen LogP contribution in [0.3, 0.4) is 0 Å². The van der Waals surface area contributed by atoms with Gasteiger partial charge in [0.05, 0.1) is 18.1 Å². The van der Waals surface area contributed by atoms with E-state index in [4.69, 9.17) is 9.72 Å². The number of methoxy groups -OCH3 is 1. The van der Waals surface area contributed by atoms with Crippen molar-refractivity contribution >= 4 is 34.8 Å². The van der Waals surface area contributed by atoms with Crippen LogP contribution in [-0.4, -0.2) is 28.6 Å². The van der Waals surface area contributed by atoms with E-state index in [9.17, 15) is 4.79 Å². The molecule has 5 nitrogen and oxygen atoms in total. The average molecular weight is 426 g/mol. The molecule has 0 fully saturated rings. The Labute approximate surface area is 188 Å². The molecule has 0 saturated heterocycles. The van der Waals surface area contributed by atoms with Crippen molar-refractivity contribution in [2.75, 3.05) is 12.0 Å². The van der Waals surface area contributed by atoms with Gasteiger partial charge in [0.15, 0.2) is 0 Å². The zero-order valence-corrected chi connectivity index (χ0v) is 18.6. The van der Waals surface area contributed by atoms with E-state index >= 15 is 0 Å². The van der Waals surface area contributed by atoms with E-state index in [0.717, 1.165) is 33.9 Å². The molecule has 1 heterocycles. The monoisotopic (exact) mass is 425 g/mol. The molecule has 0 atom stereocenters. The Morgan fingerprint density at radius 1 is 0.969 bits per heavy atom. The molecule has 0 bridgehead atoms. The van der Waals surface area contributed by atoms with Gasteiger partial charge < -0.3 is 14.2 Å². The van der Waals surface area contributed by atoms with Crippen molar-refractivity contribution in [3.05, 3.63) is 90.3 Å². The molecule has 0 saturated carbocycles. The molecule has 0 spiro atoms. The van der Waals surface area contributed by atoms with E-state index in [1.807, 2.05) is 114 Å². The minimum absolute atomic E-state index is 0.0217. The molecule has 3 aromatic carbocycles.